The van der Waals surface area contributed by atoms with E-state index >= 15 is 0 Å². The maximum atomic E-state index is 10.8. The summed E-state index contributed by atoms with van der Waals surface area (Å²) in [6.45, 7) is 3.65. The molecule has 0 amide bonds. The minimum absolute atomic E-state index is 0.232. The topological polar surface area (TPSA) is 62.9 Å². The maximum Gasteiger partial charge on any atom is 0.339 e. The highest BCUT2D eigenvalue weighted by atomic mass is 16.5. The van der Waals surface area contributed by atoms with Crippen LogP contribution in [0.1, 0.15) is 21.9 Å². The molecule has 0 aliphatic heterocycles. The normalized spacial score (nSPS) is 11.0. The standard InChI is InChI=1S/C11H17NO4/c1-8-10(11(13)14)6-9(16-8)7-12(2)4-5-15-3/h6H,4-5,7H2,1-3H3,(H,13,14). The molecule has 0 radical (unpaired) electrons. The Balaban J connectivity index is 2.60. The zero-order valence-corrected chi connectivity index (χ0v) is 9.82. The molecule has 0 saturated carbocycles. The molecule has 0 fully saturated rings. The summed E-state index contributed by atoms with van der Waals surface area (Å²) in [5.41, 5.74) is 0.232. The smallest absolute Gasteiger partial charge is 0.339 e. The third-order valence-corrected chi connectivity index (χ3v) is 2.30. The number of aromatic carboxylic acids is 1. The fraction of sp³-hybridized carbons (Fsp3) is 0.545. The Hall–Kier alpha value is -1.33. The minimum Gasteiger partial charge on any atom is -0.478 e. The Kier molecular flexibility index (Phi) is 4.52. The molecule has 0 saturated heterocycles. The van der Waals surface area contributed by atoms with Gasteiger partial charge < -0.3 is 14.3 Å². The van der Waals surface area contributed by atoms with Crippen molar-refractivity contribution in [1.82, 2.24) is 4.90 Å². The van der Waals surface area contributed by atoms with E-state index in [-0.39, 0.29) is 5.56 Å². The Bertz CT molecular complexity index is 359. The van der Waals surface area contributed by atoms with Gasteiger partial charge in [-0.2, -0.15) is 0 Å². The Morgan fingerprint density at radius 2 is 2.31 bits per heavy atom. The van der Waals surface area contributed by atoms with Crippen LogP contribution in [-0.2, 0) is 11.3 Å². The van der Waals surface area contributed by atoms with Crippen LogP contribution in [0.25, 0.3) is 0 Å². The zero-order valence-electron chi connectivity index (χ0n) is 9.82. The predicted octanol–water partition coefficient (Wildman–Crippen LogP) is 1.36. The average molecular weight is 227 g/mol. The molecule has 1 heterocycles. The summed E-state index contributed by atoms with van der Waals surface area (Å²) in [6.07, 6.45) is 0. The van der Waals surface area contributed by atoms with Crippen LogP contribution in [0, 0.1) is 6.92 Å². The highest BCUT2D eigenvalue weighted by molar-refractivity contribution is 5.88. The van der Waals surface area contributed by atoms with Crippen LogP contribution in [0.5, 0.6) is 0 Å². The van der Waals surface area contributed by atoms with Gasteiger partial charge in [0.1, 0.15) is 17.1 Å². The van der Waals surface area contributed by atoms with Crippen LogP contribution in [0.15, 0.2) is 10.5 Å². The summed E-state index contributed by atoms with van der Waals surface area (Å²) < 4.78 is 10.3. The molecule has 0 unspecified atom stereocenters. The van der Waals surface area contributed by atoms with E-state index in [1.54, 1.807) is 20.1 Å². The van der Waals surface area contributed by atoms with E-state index in [9.17, 15) is 4.79 Å². The fourth-order valence-corrected chi connectivity index (χ4v) is 1.43. The molecule has 0 atom stereocenters. The molecular formula is C11H17NO4. The van der Waals surface area contributed by atoms with Crippen LogP contribution in [0.3, 0.4) is 0 Å². The Labute approximate surface area is 94.6 Å². The van der Waals surface area contributed by atoms with Gasteiger partial charge in [-0.25, -0.2) is 4.79 Å². The second-order valence-electron chi connectivity index (χ2n) is 3.72. The van der Waals surface area contributed by atoms with Gasteiger partial charge in [-0.1, -0.05) is 0 Å². The van der Waals surface area contributed by atoms with E-state index in [2.05, 4.69) is 0 Å². The third-order valence-electron chi connectivity index (χ3n) is 2.30. The maximum absolute atomic E-state index is 10.8. The lowest BCUT2D eigenvalue weighted by Crippen LogP contribution is -2.21. The van der Waals surface area contributed by atoms with Gasteiger partial charge in [0.2, 0.25) is 0 Å². The number of rotatable bonds is 6. The first-order valence-corrected chi connectivity index (χ1v) is 5.04. The van der Waals surface area contributed by atoms with Crippen molar-refractivity contribution in [3.8, 4) is 0 Å². The quantitative estimate of drug-likeness (QED) is 0.795. The van der Waals surface area contributed by atoms with E-state index < -0.39 is 5.97 Å². The first-order chi connectivity index (χ1) is 7.54. The van der Waals surface area contributed by atoms with Gasteiger partial charge in [-0.05, 0) is 20.0 Å². The number of carbonyl (C=O) groups is 1. The van der Waals surface area contributed by atoms with Crippen molar-refractivity contribution in [2.75, 3.05) is 27.3 Å². The van der Waals surface area contributed by atoms with Crippen LogP contribution in [-0.4, -0.2) is 43.3 Å². The van der Waals surface area contributed by atoms with Crippen molar-refractivity contribution in [1.29, 1.82) is 0 Å². The number of carboxylic acids is 1. The van der Waals surface area contributed by atoms with Crippen molar-refractivity contribution in [2.24, 2.45) is 0 Å². The predicted molar refractivity (Wildman–Crippen MR) is 58.6 cm³/mol. The van der Waals surface area contributed by atoms with E-state index in [1.807, 2.05) is 11.9 Å². The lowest BCUT2D eigenvalue weighted by molar-refractivity contribution is 0.0695. The van der Waals surface area contributed by atoms with Crippen LogP contribution in [0.2, 0.25) is 0 Å². The number of ether oxygens (including phenoxy) is 1. The lowest BCUT2D eigenvalue weighted by Gasteiger charge is -2.13. The highest BCUT2D eigenvalue weighted by Crippen LogP contribution is 2.15. The summed E-state index contributed by atoms with van der Waals surface area (Å²) in [5, 5.41) is 8.86. The van der Waals surface area contributed by atoms with Gasteiger partial charge in [0.05, 0.1) is 13.2 Å². The van der Waals surface area contributed by atoms with E-state index in [0.29, 0.717) is 24.7 Å². The van der Waals surface area contributed by atoms with Crippen molar-refractivity contribution in [2.45, 2.75) is 13.5 Å². The first-order valence-electron chi connectivity index (χ1n) is 5.04. The van der Waals surface area contributed by atoms with Gasteiger partial charge in [-0.3, -0.25) is 4.90 Å². The van der Waals surface area contributed by atoms with Gasteiger partial charge >= 0.3 is 5.97 Å². The second kappa shape index (κ2) is 5.67. The number of likely N-dealkylation sites (N-methyl/N-ethyl adjacent to an activating group) is 1. The molecule has 0 aliphatic carbocycles. The van der Waals surface area contributed by atoms with E-state index in [4.69, 9.17) is 14.3 Å². The summed E-state index contributed by atoms with van der Waals surface area (Å²) in [4.78, 5) is 12.8. The number of hydrogen-bond donors (Lipinski definition) is 1. The molecule has 0 aliphatic rings. The van der Waals surface area contributed by atoms with Gasteiger partial charge in [0, 0.05) is 13.7 Å². The molecule has 5 nitrogen and oxygen atoms in total. The molecule has 90 valence electrons. The monoisotopic (exact) mass is 227 g/mol. The summed E-state index contributed by atoms with van der Waals surface area (Å²) in [5.74, 6) is 0.156. The first kappa shape index (κ1) is 12.7. The van der Waals surface area contributed by atoms with Gasteiger partial charge in [0.25, 0.3) is 0 Å². The molecule has 1 aromatic heterocycles. The van der Waals surface area contributed by atoms with Crippen LogP contribution >= 0.6 is 0 Å². The molecule has 0 bridgehead atoms. The van der Waals surface area contributed by atoms with Crippen molar-refractivity contribution >= 4 is 5.97 Å². The molecule has 5 heteroatoms. The molecular weight excluding hydrogens is 210 g/mol. The summed E-state index contributed by atoms with van der Waals surface area (Å²) >= 11 is 0. The molecule has 1 rings (SSSR count). The number of methoxy groups -OCH3 is 1. The number of furan rings is 1. The average Bonchev–Trinajstić information content (AvgIpc) is 2.56. The van der Waals surface area contributed by atoms with Crippen LogP contribution in [0.4, 0.5) is 0 Å². The van der Waals surface area contributed by atoms with Gasteiger partial charge in [-0.15, -0.1) is 0 Å². The lowest BCUT2D eigenvalue weighted by atomic mass is 10.2. The number of carboxylic acid groups (broad SMARTS) is 1. The number of aryl methyl sites for hydroxylation is 1. The Morgan fingerprint density at radius 1 is 1.62 bits per heavy atom. The molecule has 1 aromatic rings. The molecule has 1 N–H and O–H groups in total. The molecule has 16 heavy (non-hydrogen) atoms. The fourth-order valence-electron chi connectivity index (χ4n) is 1.43. The Morgan fingerprint density at radius 3 is 2.81 bits per heavy atom. The largest absolute Gasteiger partial charge is 0.478 e. The molecule has 0 aromatic carbocycles. The van der Waals surface area contributed by atoms with E-state index in [0.717, 1.165) is 6.54 Å². The number of hydrogen-bond acceptors (Lipinski definition) is 4. The number of nitrogens with zero attached hydrogens (tertiary/aromatic N) is 1. The van der Waals surface area contributed by atoms with E-state index in [1.165, 1.54) is 0 Å². The van der Waals surface area contributed by atoms with Crippen LogP contribution < -0.4 is 0 Å². The van der Waals surface area contributed by atoms with Crippen molar-refractivity contribution in [3.05, 3.63) is 23.2 Å². The molecule has 0 spiro atoms. The zero-order chi connectivity index (χ0) is 12.1. The minimum atomic E-state index is -0.952. The summed E-state index contributed by atoms with van der Waals surface area (Å²) in [7, 11) is 3.57. The van der Waals surface area contributed by atoms with Gasteiger partial charge in [0.15, 0.2) is 0 Å². The van der Waals surface area contributed by atoms with Crippen molar-refractivity contribution in [3.63, 3.8) is 0 Å². The highest BCUT2D eigenvalue weighted by Gasteiger charge is 2.14. The SMILES string of the molecule is COCCN(C)Cc1cc(C(=O)O)c(C)o1. The summed E-state index contributed by atoms with van der Waals surface area (Å²) in [6, 6.07) is 1.57. The van der Waals surface area contributed by atoms with Crippen molar-refractivity contribution < 1.29 is 19.1 Å². The third kappa shape index (κ3) is 3.36. The second-order valence-corrected chi connectivity index (χ2v) is 3.72.